The lowest BCUT2D eigenvalue weighted by molar-refractivity contribution is -0.136. The number of halogens is 1. The number of benzene rings is 3. The van der Waals surface area contributed by atoms with E-state index in [1.54, 1.807) is 44.8 Å². The number of carbonyl (C=O) groups excluding carboxylic acids is 5. The number of carbonyl (C=O) groups is 5. The number of aryl methyl sites for hydroxylation is 1. The Kier molecular flexibility index (Phi) is 17.1. The van der Waals surface area contributed by atoms with Crippen LogP contribution in [0.25, 0.3) is 0 Å². The molecule has 1 aromatic heterocycles. The second-order valence-corrected chi connectivity index (χ2v) is 24.4. The van der Waals surface area contributed by atoms with Crippen LogP contribution >= 0.6 is 18.7 Å². The highest BCUT2D eigenvalue weighted by atomic mass is 35.5. The van der Waals surface area contributed by atoms with Crippen molar-refractivity contribution >= 4 is 69.1 Å². The number of nitrogens with zero attached hydrogens (tertiary/aromatic N) is 5. The Hall–Kier alpha value is -5.44. The Morgan fingerprint density at radius 3 is 2.23 bits per heavy atom. The average Bonchev–Trinajstić information content (AvgIpc) is 3.58. The monoisotopic (exact) mass is 1000 g/mol. The second kappa shape index (κ2) is 23.0. The molecule has 0 aliphatic carbocycles. The Labute approximate surface area is 410 Å². The lowest BCUT2D eigenvalue weighted by Gasteiger charge is -2.36. The van der Waals surface area contributed by atoms with Crippen LogP contribution in [0.15, 0.2) is 66.9 Å². The summed E-state index contributed by atoms with van der Waals surface area (Å²) in [4.78, 5) is 78.0. The molecule has 4 aromatic rings. The maximum atomic E-state index is 13.3. The van der Waals surface area contributed by atoms with Gasteiger partial charge in [0.1, 0.15) is 34.6 Å². The Morgan fingerprint density at radius 1 is 0.826 bits per heavy atom. The van der Waals surface area contributed by atoms with Crippen molar-refractivity contribution in [2.24, 2.45) is 0 Å². The number of unbranched alkanes of at least 4 members (excludes halogenated alkanes) is 6. The van der Waals surface area contributed by atoms with Gasteiger partial charge in [0.25, 0.3) is 11.8 Å². The molecule has 0 saturated carbocycles. The van der Waals surface area contributed by atoms with Crippen LogP contribution in [0, 0.1) is 0 Å². The zero-order chi connectivity index (χ0) is 49.3. The highest BCUT2D eigenvalue weighted by Crippen LogP contribution is 2.37. The number of fused-ring (bicyclic) bond motifs is 1. The van der Waals surface area contributed by atoms with Gasteiger partial charge in [-0.05, 0) is 75.1 Å². The van der Waals surface area contributed by atoms with Gasteiger partial charge in [0, 0.05) is 80.7 Å². The van der Waals surface area contributed by atoms with E-state index in [2.05, 4.69) is 21.3 Å². The summed E-state index contributed by atoms with van der Waals surface area (Å²) in [5, 5.41) is 3.49. The van der Waals surface area contributed by atoms with Gasteiger partial charge in [0.2, 0.25) is 17.7 Å². The van der Waals surface area contributed by atoms with Gasteiger partial charge in [-0.3, -0.25) is 34.2 Å². The summed E-state index contributed by atoms with van der Waals surface area (Å²) in [6.07, 6.45) is 9.14. The number of aromatic nitrogens is 2. The zero-order valence-electron chi connectivity index (χ0n) is 39.7. The Bertz CT molecular complexity index is 2740. The van der Waals surface area contributed by atoms with Crippen molar-refractivity contribution in [3.8, 4) is 5.75 Å². The molecule has 368 valence electrons. The van der Waals surface area contributed by atoms with Gasteiger partial charge < -0.3 is 19.1 Å². The molecule has 3 aromatic carbocycles. The number of hydrogen-bond donors (Lipinski definition) is 1. The summed E-state index contributed by atoms with van der Waals surface area (Å²) in [5.74, 6) is -0.441. The van der Waals surface area contributed by atoms with E-state index in [4.69, 9.17) is 21.3 Å². The van der Waals surface area contributed by atoms with Crippen LogP contribution < -0.4 is 20.3 Å². The van der Waals surface area contributed by atoms with Gasteiger partial charge >= 0.3 is 0 Å². The number of methoxy groups -OCH3 is 1. The summed E-state index contributed by atoms with van der Waals surface area (Å²) < 4.78 is 44.3. The van der Waals surface area contributed by atoms with Gasteiger partial charge in [-0.1, -0.05) is 79.7 Å². The van der Waals surface area contributed by atoms with Crippen molar-refractivity contribution in [3.05, 3.63) is 111 Å². The first kappa shape index (κ1) is 51.4. The fraction of sp³-hybridized carbons (Fsp3) is 0.471. The van der Waals surface area contributed by atoms with E-state index >= 15 is 0 Å². The maximum Gasteiger partial charge on any atom is 0.262 e. The third kappa shape index (κ3) is 13.1. The van der Waals surface area contributed by atoms with Gasteiger partial charge in [-0.25, -0.2) is 18.4 Å². The molecule has 2 fully saturated rings. The summed E-state index contributed by atoms with van der Waals surface area (Å²) in [6, 6.07) is 17.9. The van der Waals surface area contributed by atoms with Crippen molar-refractivity contribution in [2.45, 2.75) is 95.9 Å². The number of ether oxygens (including phenoxy) is 1. The third-order valence-corrected chi connectivity index (χ3v) is 16.9. The van der Waals surface area contributed by atoms with Gasteiger partial charge in [-0.15, -0.1) is 0 Å². The van der Waals surface area contributed by atoms with E-state index in [1.165, 1.54) is 0 Å². The minimum absolute atomic E-state index is 0.0588. The van der Waals surface area contributed by atoms with E-state index in [0.717, 1.165) is 51.8 Å². The molecule has 1 unspecified atom stereocenters. The number of imide groups is 2. The molecule has 7 rings (SSSR count). The smallest absolute Gasteiger partial charge is 0.262 e. The number of sulfone groups is 1. The minimum Gasteiger partial charge on any atom is -0.496 e. The van der Waals surface area contributed by atoms with E-state index in [-0.39, 0.29) is 35.8 Å². The highest BCUT2D eigenvalue weighted by Gasteiger charge is 2.45. The molecule has 2 saturated heterocycles. The van der Waals surface area contributed by atoms with Crippen molar-refractivity contribution in [1.29, 1.82) is 0 Å². The first-order chi connectivity index (χ1) is 33.0. The van der Waals surface area contributed by atoms with Crippen LogP contribution in [-0.4, -0.2) is 122 Å². The van der Waals surface area contributed by atoms with E-state index < -0.39 is 46.6 Å². The molecular formula is C51H62ClN6O9PS. The van der Waals surface area contributed by atoms with Gasteiger partial charge in [0.05, 0.1) is 40.5 Å². The number of amides is 5. The summed E-state index contributed by atoms with van der Waals surface area (Å²) in [5.41, 5.74) is 4.82. The van der Waals surface area contributed by atoms with E-state index in [9.17, 15) is 37.0 Å². The van der Waals surface area contributed by atoms with Gasteiger partial charge in [0.15, 0.2) is 0 Å². The fourth-order valence-corrected chi connectivity index (χ4v) is 12.4. The zero-order valence-corrected chi connectivity index (χ0v) is 42.2. The Balaban J connectivity index is 0.769. The number of hydrogen-bond acceptors (Lipinski definition) is 12. The molecular weight excluding hydrogens is 939 g/mol. The van der Waals surface area contributed by atoms with Gasteiger partial charge in [-0.2, -0.15) is 0 Å². The summed E-state index contributed by atoms with van der Waals surface area (Å²) in [7, 11) is -4.06. The average molecular weight is 1000 g/mol. The molecule has 0 radical (unpaired) electrons. The van der Waals surface area contributed by atoms with Crippen molar-refractivity contribution in [1.82, 2.24) is 25.1 Å². The standard InChI is InChI=1S/C51H62ClN6O9PS/c1-67-43-33-38(22-21-36(43)32-45-53-34-40(52)41(54-45)31-37-16-10-11-19-44(37)68(2,3)64)56-25-27-57(28-26-56)47(60)20-9-5-7-13-30-69(65,66)29-12-6-4-8-15-35-17-14-18-39-48(35)51(63)58(50(39)62)42-23-24-46(59)55-49(42)61/h10-11,14,16-19,21-22,33-34,42H,4-9,12-13,15,20,23-32H2,1-3H3,(H,55,59,61). The summed E-state index contributed by atoms with van der Waals surface area (Å²) >= 11 is 6.54. The topological polar surface area (TPSA) is 193 Å². The second-order valence-electron chi connectivity index (χ2n) is 18.5. The first-order valence-electron chi connectivity index (χ1n) is 23.9. The number of piperazine rings is 1. The van der Waals surface area contributed by atoms with Crippen LogP contribution in [0.1, 0.15) is 120 Å². The number of rotatable bonds is 22. The highest BCUT2D eigenvalue weighted by molar-refractivity contribution is 7.91. The molecule has 3 aliphatic rings. The first-order valence-corrected chi connectivity index (χ1v) is 28.7. The van der Waals surface area contributed by atoms with Crippen LogP contribution in [0.2, 0.25) is 5.02 Å². The third-order valence-electron chi connectivity index (χ3n) is 13.2. The molecule has 18 heteroatoms. The maximum absolute atomic E-state index is 13.3. The lowest BCUT2D eigenvalue weighted by atomic mass is 9.98. The number of nitrogens with one attached hydrogen (secondary N) is 1. The Morgan fingerprint density at radius 2 is 1.52 bits per heavy atom. The van der Waals surface area contributed by atoms with E-state index in [1.807, 2.05) is 41.3 Å². The fourth-order valence-electron chi connectivity index (χ4n) is 9.48. The molecule has 5 amide bonds. The van der Waals surface area contributed by atoms with Crippen LogP contribution in [0.5, 0.6) is 5.75 Å². The van der Waals surface area contributed by atoms with Crippen molar-refractivity contribution in [3.63, 3.8) is 0 Å². The van der Waals surface area contributed by atoms with E-state index in [0.29, 0.717) is 112 Å². The number of anilines is 1. The normalized spacial score (nSPS) is 16.5. The predicted octanol–water partition coefficient (Wildman–Crippen LogP) is 6.79. The molecule has 3 aliphatic heterocycles. The van der Waals surface area contributed by atoms with Crippen molar-refractivity contribution in [2.75, 3.05) is 63.0 Å². The SMILES string of the molecule is COc1cc(N2CCN(C(=O)CCCCCCS(=O)(=O)CCCCCCc3cccc4c3C(=O)N(C3CCC(=O)NC3=O)C4=O)CC2)ccc1Cc1ncc(Cl)c(Cc2ccccc2P(C)(C)=O)n1. The molecule has 4 heterocycles. The van der Waals surface area contributed by atoms with Crippen LogP contribution in [0.4, 0.5) is 5.69 Å². The molecule has 1 atom stereocenters. The summed E-state index contributed by atoms with van der Waals surface area (Å²) in [6.45, 7) is 6.11. The molecule has 69 heavy (non-hydrogen) atoms. The largest absolute Gasteiger partial charge is 0.496 e. The van der Waals surface area contributed by atoms with Crippen molar-refractivity contribution < 1.29 is 41.7 Å². The quantitative estimate of drug-likeness (QED) is 0.0494. The van der Waals surface area contributed by atoms with Crippen LogP contribution in [0.3, 0.4) is 0 Å². The molecule has 1 N–H and O–H groups in total. The number of piperidine rings is 1. The minimum atomic E-state index is -3.20. The molecule has 15 nitrogen and oxygen atoms in total. The predicted molar refractivity (Wildman–Crippen MR) is 267 cm³/mol. The van der Waals surface area contributed by atoms with Crippen LogP contribution in [-0.2, 0) is 48.0 Å². The lowest BCUT2D eigenvalue weighted by Crippen LogP contribution is -2.54. The molecule has 0 bridgehead atoms. The molecule has 0 spiro atoms.